The molecule has 3 unspecified atom stereocenters. The molecule has 0 spiro atoms. The molecule has 3 atom stereocenters. The van der Waals surface area contributed by atoms with Crippen LogP contribution in [-0.2, 0) is 9.59 Å². The van der Waals surface area contributed by atoms with E-state index in [-0.39, 0.29) is 29.0 Å². The number of rotatable bonds is 6. The molecular formula is C31H38ClN3O4S. The van der Waals surface area contributed by atoms with E-state index in [0.717, 1.165) is 53.5 Å². The van der Waals surface area contributed by atoms with Crippen LogP contribution in [0.25, 0.3) is 6.08 Å². The molecule has 0 aromatic heterocycles. The molecule has 3 aliphatic rings. The molecule has 2 aliphatic heterocycles. The standard InChI is InChI=1S/C31H38ClN3O4S/c1-5-39-26-10-7-21(16-27(26)38-4)17-29-31(37)33(3)25-18-22(8-11-28(25)40-29)30(36)35-14-12-34(13-15-35)24-19-23(32)9-6-20(24)2/h6-7,9-10,16-17,19,22,25,28H,5,8,11-15,18H2,1-4H3/b29-17+. The van der Waals surface area contributed by atoms with Crippen LogP contribution in [0.2, 0.25) is 5.02 Å². The number of piperazine rings is 1. The number of carbonyl (C=O) groups is 2. The van der Waals surface area contributed by atoms with Crippen molar-refractivity contribution in [1.82, 2.24) is 9.80 Å². The number of anilines is 1. The van der Waals surface area contributed by atoms with Crippen molar-refractivity contribution in [3.8, 4) is 11.5 Å². The number of hydrogen-bond donors (Lipinski definition) is 0. The highest BCUT2D eigenvalue weighted by Crippen LogP contribution is 2.44. The van der Waals surface area contributed by atoms with Crippen molar-refractivity contribution in [2.75, 3.05) is 51.8 Å². The Labute approximate surface area is 246 Å². The molecule has 7 nitrogen and oxygen atoms in total. The predicted octanol–water partition coefficient (Wildman–Crippen LogP) is 5.49. The van der Waals surface area contributed by atoms with Gasteiger partial charge in [-0.25, -0.2) is 0 Å². The number of amides is 2. The molecule has 0 radical (unpaired) electrons. The number of likely N-dealkylation sites (N-methyl/N-ethyl adjacent to an activating group) is 1. The smallest absolute Gasteiger partial charge is 0.260 e. The maximum atomic E-state index is 13.6. The second-order valence-corrected chi connectivity index (χ2v) is 12.5. The summed E-state index contributed by atoms with van der Waals surface area (Å²) in [4.78, 5) is 33.9. The van der Waals surface area contributed by atoms with Crippen LogP contribution in [0.15, 0.2) is 41.3 Å². The Kier molecular flexibility index (Phi) is 8.86. The molecule has 1 saturated carbocycles. The topological polar surface area (TPSA) is 62.3 Å². The summed E-state index contributed by atoms with van der Waals surface area (Å²) in [5.74, 6) is 1.54. The van der Waals surface area contributed by atoms with Crippen LogP contribution < -0.4 is 14.4 Å². The van der Waals surface area contributed by atoms with Gasteiger partial charge in [0, 0.05) is 61.1 Å². The van der Waals surface area contributed by atoms with Crippen LogP contribution in [0, 0.1) is 12.8 Å². The fraction of sp³-hybridized carbons (Fsp3) is 0.484. The van der Waals surface area contributed by atoms with Gasteiger partial charge in [0.05, 0.1) is 18.6 Å². The van der Waals surface area contributed by atoms with Gasteiger partial charge in [0.25, 0.3) is 5.91 Å². The molecule has 0 N–H and O–H groups in total. The van der Waals surface area contributed by atoms with Crippen LogP contribution in [0.1, 0.15) is 37.3 Å². The summed E-state index contributed by atoms with van der Waals surface area (Å²) >= 11 is 7.89. The highest BCUT2D eigenvalue weighted by atomic mass is 35.5. The quantitative estimate of drug-likeness (QED) is 0.419. The van der Waals surface area contributed by atoms with Crippen LogP contribution in [-0.4, -0.2) is 79.8 Å². The number of aryl methyl sites for hydroxylation is 1. The number of benzene rings is 2. The number of hydrogen-bond acceptors (Lipinski definition) is 6. The highest BCUT2D eigenvalue weighted by molar-refractivity contribution is 8.04. The van der Waals surface area contributed by atoms with Gasteiger partial charge in [-0.15, -0.1) is 11.8 Å². The maximum Gasteiger partial charge on any atom is 0.260 e. The Hall–Kier alpha value is -2.84. The average molecular weight is 584 g/mol. The minimum Gasteiger partial charge on any atom is -0.493 e. The van der Waals surface area contributed by atoms with Gasteiger partial charge >= 0.3 is 0 Å². The monoisotopic (exact) mass is 583 g/mol. The summed E-state index contributed by atoms with van der Waals surface area (Å²) in [6.45, 7) is 7.59. The minimum atomic E-state index is -0.0440. The zero-order valence-electron chi connectivity index (χ0n) is 23.7. The minimum absolute atomic E-state index is 0.0118. The van der Waals surface area contributed by atoms with E-state index in [4.69, 9.17) is 21.1 Å². The number of methoxy groups -OCH3 is 1. The van der Waals surface area contributed by atoms with Gasteiger partial charge in [-0.1, -0.05) is 23.7 Å². The van der Waals surface area contributed by atoms with Crippen LogP contribution in [0.5, 0.6) is 11.5 Å². The third-order valence-corrected chi connectivity index (χ3v) is 9.93. The SMILES string of the molecule is CCOc1ccc(/C=C2/SC3CCC(C(=O)N4CCN(c5cc(Cl)ccc5C)CC4)CC3N(C)C2=O)cc1OC. The molecule has 2 saturated heterocycles. The van der Waals surface area contributed by atoms with Crippen molar-refractivity contribution in [1.29, 1.82) is 0 Å². The van der Waals surface area contributed by atoms with Crippen molar-refractivity contribution in [2.24, 2.45) is 5.92 Å². The van der Waals surface area contributed by atoms with E-state index in [1.54, 1.807) is 18.9 Å². The molecule has 40 heavy (non-hydrogen) atoms. The number of fused-ring (bicyclic) bond motifs is 1. The van der Waals surface area contributed by atoms with E-state index < -0.39 is 0 Å². The number of ether oxygens (including phenoxy) is 2. The fourth-order valence-electron chi connectivity index (χ4n) is 6.07. The summed E-state index contributed by atoms with van der Waals surface area (Å²) in [7, 11) is 3.50. The van der Waals surface area contributed by atoms with Gasteiger partial charge in [-0.3, -0.25) is 9.59 Å². The Balaban J connectivity index is 1.21. The van der Waals surface area contributed by atoms with Gasteiger partial charge in [0.1, 0.15) is 0 Å². The first-order valence-corrected chi connectivity index (χ1v) is 15.3. The van der Waals surface area contributed by atoms with Gasteiger partial charge in [-0.2, -0.15) is 0 Å². The van der Waals surface area contributed by atoms with Crippen LogP contribution in [0.4, 0.5) is 5.69 Å². The molecule has 3 fully saturated rings. The normalized spacial score (nSPS) is 24.2. The summed E-state index contributed by atoms with van der Waals surface area (Å²) in [6, 6.07) is 11.8. The number of carbonyl (C=O) groups excluding carboxylic acids is 2. The first kappa shape index (κ1) is 28.7. The maximum absolute atomic E-state index is 13.6. The highest BCUT2D eigenvalue weighted by Gasteiger charge is 2.43. The first-order chi connectivity index (χ1) is 19.3. The number of halogens is 1. The average Bonchev–Trinajstić information content (AvgIpc) is 2.97. The van der Waals surface area contributed by atoms with Crippen molar-refractivity contribution in [2.45, 2.75) is 44.4 Å². The van der Waals surface area contributed by atoms with Crippen LogP contribution in [0.3, 0.4) is 0 Å². The molecule has 2 aromatic carbocycles. The molecule has 0 bridgehead atoms. The largest absolute Gasteiger partial charge is 0.493 e. The number of nitrogens with zero attached hydrogens (tertiary/aromatic N) is 3. The van der Waals surface area contributed by atoms with Gasteiger partial charge in [0.2, 0.25) is 5.91 Å². The third-order valence-electron chi connectivity index (χ3n) is 8.30. The predicted molar refractivity (Wildman–Crippen MR) is 162 cm³/mol. The van der Waals surface area contributed by atoms with Crippen molar-refractivity contribution in [3.63, 3.8) is 0 Å². The van der Waals surface area contributed by atoms with Crippen molar-refractivity contribution >= 4 is 46.9 Å². The molecule has 1 aliphatic carbocycles. The second kappa shape index (κ2) is 12.4. The zero-order valence-corrected chi connectivity index (χ0v) is 25.3. The van der Waals surface area contributed by atoms with Gasteiger partial charge in [0.15, 0.2) is 11.5 Å². The molecule has 9 heteroatoms. The third kappa shape index (κ3) is 5.93. The molecule has 2 aromatic rings. The summed E-state index contributed by atoms with van der Waals surface area (Å²) in [6.07, 6.45) is 4.43. The molecule has 5 rings (SSSR count). The lowest BCUT2D eigenvalue weighted by Crippen LogP contribution is -2.55. The first-order valence-electron chi connectivity index (χ1n) is 14.0. The van der Waals surface area contributed by atoms with E-state index in [9.17, 15) is 9.59 Å². The van der Waals surface area contributed by atoms with E-state index in [1.165, 1.54) is 5.56 Å². The van der Waals surface area contributed by atoms with Gasteiger partial charge < -0.3 is 24.2 Å². The Morgan fingerprint density at radius 1 is 1.10 bits per heavy atom. The lowest BCUT2D eigenvalue weighted by atomic mass is 9.83. The summed E-state index contributed by atoms with van der Waals surface area (Å²) in [5, 5.41) is 1.02. The summed E-state index contributed by atoms with van der Waals surface area (Å²) in [5.41, 5.74) is 3.24. The fourth-order valence-corrected chi connectivity index (χ4v) is 7.72. The zero-order chi connectivity index (χ0) is 28.4. The van der Waals surface area contributed by atoms with Crippen molar-refractivity contribution in [3.05, 3.63) is 57.5 Å². The van der Waals surface area contributed by atoms with E-state index in [1.807, 2.05) is 66.2 Å². The lowest BCUT2D eigenvalue weighted by Gasteiger charge is -2.45. The van der Waals surface area contributed by atoms with E-state index in [0.29, 0.717) is 31.2 Å². The molecular weight excluding hydrogens is 546 g/mol. The van der Waals surface area contributed by atoms with Crippen molar-refractivity contribution < 1.29 is 19.1 Å². The molecule has 2 heterocycles. The summed E-state index contributed by atoms with van der Waals surface area (Å²) < 4.78 is 11.1. The Morgan fingerprint density at radius 2 is 1.88 bits per heavy atom. The Bertz CT molecular complexity index is 1290. The lowest BCUT2D eigenvalue weighted by molar-refractivity contribution is -0.139. The van der Waals surface area contributed by atoms with E-state index >= 15 is 0 Å². The van der Waals surface area contributed by atoms with E-state index in [2.05, 4.69) is 11.8 Å². The van der Waals surface area contributed by atoms with Crippen LogP contribution >= 0.6 is 23.4 Å². The molecule has 214 valence electrons. The second-order valence-electron chi connectivity index (χ2n) is 10.7. The Morgan fingerprint density at radius 3 is 2.60 bits per heavy atom. The van der Waals surface area contributed by atoms with Gasteiger partial charge in [-0.05, 0) is 74.6 Å². The number of thioether (sulfide) groups is 1. The molecule has 2 amide bonds.